The van der Waals surface area contributed by atoms with Crippen molar-refractivity contribution in [2.45, 2.75) is 19.2 Å². The minimum Gasteiger partial charge on any atom is -0.497 e. The summed E-state index contributed by atoms with van der Waals surface area (Å²) in [5.41, 5.74) is 1.82. The zero-order valence-electron chi connectivity index (χ0n) is 8.50. The van der Waals surface area contributed by atoms with E-state index in [1.54, 1.807) is 13.2 Å². The van der Waals surface area contributed by atoms with Gasteiger partial charge in [-0.15, -0.1) is 11.6 Å². The van der Waals surface area contributed by atoms with Crippen molar-refractivity contribution >= 4 is 17.4 Å². The minimum atomic E-state index is -0.580. The standard InChI is InChI=1S/C11H13ClO2/c1-7-4-9(11(12)8(2)13)6-10(5-7)14-3/h4-6,11H,1-3H3. The van der Waals surface area contributed by atoms with Gasteiger partial charge in [-0.2, -0.15) is 0 Å². The van der Waals surface area contributed by atoms with Gasteiger partial charge in [0.1, 0.15) is 11.1 Å². The number of methoxy groups -OCH3 is 1. The lowest BCUT2D eigenvalue weighted by Gasteiger charge is -2.09. The second kappa shape index (κ2) is 4.47. The van der Waals surface area contributed by atoms with Crippen LogP contribution >= 0.6 is 11.6 Å². The molecule has 2 nitrogen and oxygen atoms in total. The molecule has 0 aliphatic rings. The molecule has 1 unspecified atom stereocenters. The zero-order chi connectivity index (χ0) is 10.7. The number of carbonyl (C=O) groups excluding carboxylic acids is 1. The van der Waals surface area contributed by atoms with E-state index >= 15 is 0 Å². The Kier molecular flexibility index (Phi) is 3.53. The Morgan fingerprint density at radius 2 is 2.07 bits per heavy atom. The van der Waals surface area contributed by atoms with Crippen LogP contribution in [0.1, 0.15) is 23.4 Å². The highest BCUT2D eigenvalue weighted by molar-refractivity contribution is 6.30. The second-order valence-electron chi connectivity index (χ2n) is 3.26. The highest BCUT2D eigenvalue weighted by Gasteiger charge is 2.14. The number of alkyl halides is 1. The van der Waals surface area contributed by atoms with Gasteiger partial charge in [-0.05, 0) is 37.1 Å². The summed E-state index contributed by atoms with van der Waals surface area (Å²) in [6.45, 7) is 3.42. The highest BCUT2D eigenvalue weighted by atomic mass is 35.5. The fraction of sp³-hybridized carbons (Fsp3) is 0.364. The molecule has 1 aromatic carbocycles. The van der Waals surface area contributed by atoms with Crippen molar-refractivity contribution in [1.82, 2.24) is 0 Å². The van der Waals surface area contributed by atoms with Crippen molar-refractivity contribution in [3.63, 3.8) is 0 Å². The number of carbonyl (C=O) groups is 1. The predicted octanol–water partition coefficient (Wildman–Crippen LogP) is 2.87. The normalized spacial score (nSPS) is 12.3. The van der Waals surface area contributed by atoms with Crippen molar-refractivity contribution in [1.29, 1.82) is 0 Å². The van der Waals surface area contributed by atoms with E-state index in [4.69, 9.17) is 16.3 Å². The Bertz CT molecular complexity index is 347. The van der Waals surface area contributed by atoms with Crippen molar-refractivity contribution in [2.24, 2.45) is 0 Å². The molecule has 3 heteroatoms. The predicted molar refractivity (Wildman–Crippen MR) is 57.0 cm³/mol. The average Bonchev–Trinajstić information content (AvgIpc) is 2.15. The largest absolute Gasteiger partial charge is 0.497 e. The van der Waals surface area contributed by atoms with Crippen LogP contribution in [0.25, 0.3) is 0 Å². The molecule has 0 aliphatic carbocycles. The van der Waals surface area contributed by atoms with Gasteiger partial charge in [0.15, 0.2) is 5.78 Å². The summed E-state index contributed by atoms with van der Waals surface area (Å²) in [6.07, 6.45) is 0. The molecule has 0 N–H and O–H groups in total. The quantitative estimate of drug-likeness (QED) is 0.721. The molecule has 1 aromatic rings. The Morgan fingerprint density at radius 1 is 1.43 bits per heavy atom. The van der Waals surface area contributed by atoms with Gasteiger partial charge in [-0.3, -0.25) is 4.79 Å². The molecule has 0 aliphatic heterocycles. The number of hydrogen-bond donors (Lipinski definition) is 0. The van der Waals surface area contributed by atoms with Gasteiger partial charge in [0, 0.05) is 0 Å². The van der Waals surface area contributed by atoms with Crippen LogP contribution in [0.15, 0.2) is 18.2 Å². The van der Waals surface area contributed by atoms with Gasteiger partial charge in [0.25, 0.3) is 0 Å². The number of halogens is 1. The Hall–Kier alpha value is -1.02. The van der Waals surface area contributed by atoms with Gasteiger partial charge < -0.3 is 4.74 Å². The summed E-state index contributed by atoms with van der Waals surface area (Å²) >= 11 is 5.94. The van der Waals surface area contributed by atoms with E-state index in [0.29, 0.717) is 0 Å². The van der Waals surface area contributed by atoms with Crippen LogP contribution in [-0.4, -0.2) is 12.9 Å². The molecule has 76 valence electrons. The molecule has 0 heterocycles. The summed E-state index contributed by atoms with van der Waals surface area (Å²) in [5.74, 6) is 0.672. The third-order valence-electron chi connectivity index (χ3n) is 1.96. The van der Waals surface area contributed by atoms with Crippen LogP contribution in [-0.2, 0) is 4.79 Å². The van der Waals surface area contributed by atoms with Crippen LogP contribution in [0.2, 0.25) is 0 Å². The number of rotatable bonds is 3. The number of ketones is 1. The van der Waals surface area contributed by atoms with Gasteiger partial charge in [-0.1, -0.05) is 6.07 Å². The van der Waals surface area contributed by atoms with Crippen molar-refractivity contribution < 1.29 is 9.53 Å². The van der Waals surface area contributed by atoms with E-state index in [0.717, 1.165) is 16.9 Å². The zero-order valence-corrected chi connectivity index (χ0v) is 9.26. The molecule has 14 heavy (non-hydrogen) atoms. The summed E-state index contributed by atoms with van der Waals surface area (Å²) < 4.78 is 5.10. The molecule has 0 bridgehead atoms. The Balaban J connectivity index is 3.08. The third-order valence-corrected chi connectivity index (χ3v) is 2.52. The minimum absolute atomic E-state index is 0.0562. The Morgan fingerprint density at radius 3 is 2.57 bits per heavy atom. The SMILES string of the molecule is COc1cc(C)cc(C(Cl)C(C)=O)c1. The average molecular weight is 213 g/mol. The first-order valence-corrected chi connectivity index (χ1v) is 4.78. The monoisotopic (exact) mass is 212 g/mol. The van der Waals surface area contributed by atoms with E-state index in [2.05, 4.69) is 0 Å². The van der Waals surface area contributed by atoms with Crippen molar-refractivity contribution in [3.05, 3.63) is 29.3 Å². The van der Waals surface area contributed by atoms with Crippen LogP contribution in [0, 0.1) is 6.92 Å². The highest BCUT2D eigenvalue weighted by Crippen LogP contribution is 2.26. The fourth-order valence-corrected chi connectivity index (χ4v) is 1.40. The first-order valence-electron chi connectivity index (χ1n) is 4.34. The van der Waals surface area contributed by atoms with Gasteiger partial charge >= 0.3 is 0 Å². The number of benzene rings is 1. The molecular weight excluding hydrogens is 200 g/mol. The van der Waals surface area contributed by atoms with Crippen LogP contribution in [0.5, 0.6) is 5.75 Å². The lowest BCUT2D eigenvalue weighted by atomic mass is 10.1. The molecule has 1 atom stereocenters. The molecular formula is C11H13ClO2. The van der Waals surface area contributed by atoms with E-state index in [9.17, 15) is 4.79 Å². The molecule has 0 saturated carbocycles. The maximum atomic E-state index is 11.1. The Labute approximate surface area is 88.8 Å². The van der Waals surface area contributed by atoms with Crippen molar-refractivity contribution in [2.75, 3.05) is 7.11 Å². The van der Waals surface area contributed by atoms with Gasteiger partial charge in [-0.25, -0.2) is 0 Å². The summed E-state index contributed by atoms with van der Waals surface area (Å²) in [7, 11) is 1.59. The molecule has 0 saturated heterocycles. The number of ether oxygens (including phenoxy) is 1. The molecule has 0 amide bonds. The van der Waals surface area contributed by atoms with E-state index in [1.165, 1.54) is 6.92 Å². The van der Waals surface area contributed by atoms with E-state index in [-0.39, 0.29) is 5.78 Å². The molecule has 0 aromatic heterocycles. The molecule has 1 rings (SSSR count). The van der Waals surface area contributed by atoms with Crippen LogP contribution in [0.4, 0.5) is 0 Å². The van der Waals surface area contributed by atoms with Gasteiger partial charge in [0.05, 0.1) is 7.11 Å². The van der Waals surface area contributed by atoms with Crippen LogP contribution in [0.3, 0.4) is 0 Å². The maximum Gasteiger partial charge on any atom is 0.152 e. The summed E-state index contributed by atoms with van der Waals surface area (Å²) in [5, 5.41) is -0.580. The first kappa shape index (κ1) is 11.1. The second-order valence-corrected chi connectivity index (χ2v) is 3.69. The number of hydrogen-bond acceptors (Lipinski definition) is 2. The smallest absolute Gasteiger partial charge is 0.152 e. The third kappa shape index (κ3) is 2.48. The van der Waals surface area contributed by atoms with Gasteiger partial charge in [0.2, 0.25) is 0 Å². The van der Waals surface area contributed by atoms with Crippen LogP contribution < -0.4 is 4.74 Å². The summed E-state index contributed by atoms with van der Waals surface area (Å²) in [6, 6.07) is 5.57. The van der Waals surface area contributed by atoms with E-state index < -0.39 is 5.38 Å². The molecule has 0 fully saturated rings. The molecule has 0 radical (unpaired) electrons. The van der Waals surface area contributed by atoms with Crippen molar-refractivity contribution in [3.8, 4) is 5.75 Å². The molecule has 0 spiro atoms. The first-order chi connectivity index (χ1) is 6.54. The topological polar surface area (TPSA) is 26.3 Å². The number of Topliss-reactive ketones (excluding diaryl/α,β-unsaturated/α-hetero) is 1. The summed E-state index contributed by atoms with van der Waals surface area (Å²) in [4.78, 5) is 11.1. The maximum absolute atomic E-state index is 11.1. The lowest BCUT2D eigenvalue weighted by Crippen LogP contribution is -2.02. The number of aryl methyl sites for hydroxylation is 1. The lowest BCUT2D eigenvalue weighted by molar-refractivity contribution is -0.116. The fourth-order valence-electron chi connectivity index (χ4n) is 1.28. The van der Waals surface area contributed by atoms with E-state index in [1.807, 2.05) is 19.1 Å².